The number of aromatic amines is 1. The molecule has 10 heavy (non-hydrogen) atoms. The Morgan fingerprint density at radius 2 is 2.50 bits per heavy atom. The minimum atomic E-state index is 0.0350. The van der Waals surface area contributed by atoms with E-state index in [0.29, 0.717) is 5.82 Å². The van der Waals surface area contributed by atoms with Crippen LogP contribution in [0.15, 0.2) is 0 Å². The maximum atomic E-state index is 10.5. The Hall–Kier alpha value is -0.900. The number of hydrogen-bond donors (Lipinski definition) is 1. The molecule has 0 atom stereocenters. The van der Waals surface area contributed by atoms with E-state index in [1.165, 1.54) is 6.92 Å². The third-order valence-electron chi connectivity index (χ3n) is 0.921. The fourth-order valence-corrected chi connectivity index (χ4v) is 0.731. The maximum Gasteiger partial charge on any atom is 0.242 e. The number of Topliss-reactive ketones (excluding diaryl/α,β-unsaturated/α-hetero) is 1. The average Bonchev–Trinajstić information content (AvgIpc) is 2.13. The van der Waals surface area contributed by atoms with Crippen LogP contribution in [0.1, 0.15) is 12.7 Å². The Balaban J connectivity index is 2.67. The lowest BCUT2D eigenvalue weighted by Crippen LogP contribution is -1.97. The third kappa shape index (κ3) is 1.80. The number of carbonyl (C=O) groups is 1. The van der Waals surface area contributed by atoms with E-state index in [4.69, 9.17) is 11.6 Å². The highest BCUT2D eigenvalue weighted by Gasteiger charge is 2.01. The number of H-pyrrole nitrogens is 1. The summed E-state index contributed by atoms with van der Waals surface area (Å²) in [6.45, 7) is 1.48. The highest BCUT2D eigenvalue weighted by Crippen LogP contribution is 1.99. The summed E-state index contributed by atoms with van der Waals surface area (Å²) in [5.74, 6) is 0.547. The molecule has 0 radical (unpaired) electrons. The second-order valence-corrected chi connectivity index (χ2v) is 2.27. The van der Waals surface area contributed by atoms with Gasteiger partial charge in [-0.2, -0.15) is 0 Å². The zero-order valence-corrected chi connectivity index (χ0v) is 6.14. The highest BCUT2D eigenvalue weighted by molar-refractivity contribution is 6.28. The lowest BCUT2D eigenvalue weighted by Gasteiger charge is -1.84. The molecule has 4 nitrogen and oxygen atoms in total. The zero-order valence-electron chi connectivity index (χ0n) is 5.39. The lowest BCUT2D eigenvalue weighted by molar-refractivity contribution is -0.116. The fourth-order valence-electron chi connectivity index (χ4n) is 0.587. The van der Waals surface area contributed by atoms with Gasteiger partial charge in [-0.15, -0.1) is 5.10 Å². The summed E-state index contributed by atoms with van der Waals surface area (Å²) in [4.78, 5) is 14.2. The second kappa shape index (κ2) is 2.79. The van der Waals surface area contributed by atoms with E-state index in [2.05, 4.69) is 15.2 Å². The Labute approximate surface area is 62.6 Å². The van der Waals surface area contributed by atoms with E-state index >= 15 is 0 Å². The predicted molar refractivity (Wildman–Crippen MR) is 35.8 cm³/mol. The Morgan fingerprint density at radius 3 is 2.90 bits per heavy atom. The molecule has 0 unspecified atom stereocenters. The summed E-state index contributed by atoms with van der Waals surface area (Å²) < 4.78 is 0. The van der Waals surface area contributed by atoms with Crippen molar-refractivity contribution in [2.75, 3.05) is 0 Å². The molecule has 0 aliphatic rings. The summed E-state index contributed by atoms with van der Waals surface area (Å²) in [6.07, 6.45) is 0.264. The quantitative estimate of drug-likeness (QED) is 0.687. The van der Waals surface area contributed by atoms with Gasteiger partial charge in [0, 0.05) is 0 Å². The number of nitrogens with one attached hydrogen (secondary N) is 1. The summed E-state index contributed by atoms with van der Waals surface area (Å²) in [7, 11) is 0. The molecule has 0 aromatic carbocycles. The van der Waals surface area contributed by atoms with Crippen molar-refractivity contribution in [3.63, 3.8) is 0 Å². The highest BCUT2D eigenvalue weighted by atomic mass is 35.5. The first-order valence-electron chi connectivity index (χ1n) is 2.74. The van der Waals surface area contributed by atoms with Gasteiger partial charge in [0.05, 0.1) is 6.42 Å². The minimum Gasteiger partial charge on any atom is -0.300 e. The van der Waals surface area contributed by atoms with Crippen LogP contribution in [0.2, 0.25) is 5.28 Å². The predicted octanol–water partition coefficient (Wildman–Crippen LogP) is 0.590. The van der Waals surface area contributed by atoms with Crippen LogP contribution in [0.25, 0.3) is 0 Å². The Bertz CT molecular complexity index is 245. The van der Waals surface area contributed by atoms with Crippen LogP contribution in [-0.4, -0.2) is 21.0 Å². The first-order valence-corrected chi connectivity index (χ1v) is 3.12. The van der Waals surface area contributed by atoms with Gasteiger partial charge in [-0.05, 0) is 18.5 Å². The number of nitrogens with zero attached hydrogens (tertiary/aromatic N) is 2. The van der Waals surface area contributed by atoms with Crippen molar-refractivity contribution in [1.29, 1.82) is 0 Å². The van der Waals surface area contributed by atoms with Gasteiger partial charge in [-0.1, -0.05) is 0 Å². The van der Waals surface area contributed by atoms with Gasteiger partial charge in [0.2, 0.25) is 5.28 Å². The summed E-state index contributed by atoms with van der Waals surface area (Å²) >= 11 is 5.38. The number of hydrogen-bond acceptors (Lipinski definition) is 3. The molecular formula is C5H6ClN3O. The summed E-state index contributed by atoms with van der Waals surface area (Å²) in [6, 6.07) is 0. The first kappa shape index (κ1) is 7.21. The second-order valence-electron chi connectivity index (χ2n) is 1.93. The van der Waals surface area contributed by atoms with Crippen LogP contribution < -0.4 is 0 Å². The van der Waals surface area contributed by atoms with E-state index < -0.39 is 0 Å². The molecule has 5 heteroatoms. The van der Waals surface area contributed by atoms with Gasteiger partial charge in [0.25, 0.3) is 0 Å². The van der Waals surface area contributed by atoms with Gasteiger partial charge < -0.3 is 0 Å². The minimum absolute atomic E-state index is 0.0350. The van der Waals surface area contributed by atoms with Gasteiger partial charge >= 0.3 is 0 Å². The number of rotatable bonds is 2. The van der Waals surface area contributed by atoms with Gasteiger partial charge in [0.1, 0.15) is 11.6 Å². The zero-order chi connectivity index (χ0) is 7.56. The molecule has 1 heterocycles. The van der Waals surface area contributed by atoms with Gasteiger partial charge in [-0.3, -0.25) is 9.89 Å². The van der Waals surface area contributed by atoms with Crippen molar-refractivity contribution in [3.8, 4) is 0 Å². The molecule has 54 valence electrons. The number of aromatic nitrogens is 3. The van der Waals surface area contributed by atoms with Crippen LogP contribution in [0.3, 0.4) is 0 Å². The van der Waals surface area contributed by atoms with E-state index in [1.54, 1.807) is 0 Å². The van der Waals surface area contributed by atoms with Crippen LogP contribution in [0.4, 0.5) is 0 Å². The molecule has 1 N–H and O–H groups in total. The van der Waals surface area contributed by atoms with Crippen molar-refractivity contribution in [1.82, 2.24) is 15.2 Å². The molecule has 0 spiro atoms. The average molecular weight is 160 g/mol. The SMILES string of the molecule is CC(=O)Cc1nc(Cl)n[nH]1. The molecule has 1 aromatic rings. The van der Waals surface area contributed by atoms with E-state index in [9.17, 15) is 4.79 Å². The smallest absolute Gasteiger partial charge is 0.242 e. The monoisotopic (exact) mass is 159 g/mol. The topological polar surface area (TPSA) is 58.6 Å². The summed E-state index contributed by atoms with van der Waals surface area (Å²) in [5, 5.41) is 6.22. The molecule has 0 bridgehead atoms. The van der Waals surface area contributed by atoms with Crippen molar-refractivity contribution in [3.05, 3.63) is 11.1 Å². The van der Waals surface area contributed by atoms with Crippen molar-refractivity contribution >= 4 is 17.4 Å². The number of halogens is 1. The fraction of sp³-hybridized carbons (Fsp3) is 0.400. The molecular weight excluding hydrogens is 154 g/mol. The van der Waals surface area contributed by atoms with Crippen LogP contribution in [0, 0.1) is 0 Å². The molecule has 0 aliphatic heterocycles. The molecule has 0 fully saturated rings. The van der Waals surface area contributed by atoms with E-state index in [1.807, 2.05) is 0 Å². The normalized spacial score (nSPS) is 9.80. The molecule has 0 saturated heterocycles. The Kier molecular flexibility index (Phi) is 2.01. The molecule has 1 aromatic heterocycles. The van der Waals surface area contributed by atoms with Crippen LogP contribution >= 0.6 is 11.6 Å². The van der Waals surface area contributed by atoms with Crippen molar-refractivity contribution in [2.45, 2.75) is 13.3 Å². The number of carbonyl (C=O) groups excluding carboxylic acids is 1. The van der Waals surface area contributed by atoms with Crippen molar-refractivity contribution in [2.24, 2.45) is 0 Å². The molecule has 0 aliphatic carbocycles. The van der Waals surface area contributed by atoms with E-state index in [0.717, 1.165) is 0 Å². The van der Waals surface area contributed by atoms with Crippen molar-refractivity contribution < 1.29 is 4.79 Å². The largest absolute Gasteiger partial charge is 0.300 e. The molecule has 0 saturated carbocycles. The number of ketones is 1. The molecule has 0 amide bonds. The standard InChI is InChI=1S/C5H6ClN3O/c1-3(10)2-4-7-5(6)9-8-4/h2H2,1H3,(H,7,8,9). The molecule has 1 rings (SSSR count). The van der Waals surface area contributed by atoms with E-state index in [-0.39, 0.29) is 17.5 Å². The summed E-state index contributed by atoms with van der Waals surface area (Å²) in [5.41, 5.74) is 0. The van der Waals surface area contributed by atoms with Crippen LogP contribution in [0.5, 0.6) is 0 Å². The third-order valence-corrected chi connectivity index (χ3v) is 1.09. The van der Waals surface area contributed by atoms with Gasteiger partial charge in [-0.25, -0.2) is 4.98 Å². The van der Waals surface area contributed by atoms with Gasteiger partial charge in [0.15, 0.2) is 0 Å². The van der Waals surface area contributed by atoms with Crippen LogP contribution in [-0.2, 0) is 11.2 Å². The first-order chi connectivity index (χ1) is 4.68. The maximum absolute atomic E-state index is 10.5. The Morgan fingerprint density at radius 1 is 1.80 bits per heavy atom. The lowest BCUT2D eigenvalue weighted by atomic mass is 10.3.